The number of allylic oxidation sites excluding steroid dienone is 1. The van der Waals surface area contributed by atoms with E-state index in [9.17, 15) is 9.59 Å². The van der Waals surface area contributed by atoms with Gasteiger partial charge < -0.3 is 0 Å². The number of aliphatic imine (C=N–C) groups is 1. The molecule has 1 rings (SSSR count). The van der Waals surface area contributed by atoms with Gasteiger partial charge in [0.2, 0.25) is 5.91 Å². The van der Waals surface area contributed by atoms with Crippen LogP contribution in [0.3, 0.4) is 0 Å². The first kappa shape index (κ1) is 7.65. The number of carbonyl (C=O) groups excluding carboxylic acids is 2. The molecule has 0 bridgehead atoms. The van der Waals surface area contributed by atoms with Gasteiger partial charge in [-0.2, -0.15) is 0 Å². The molecule has 0 saturated carbocycles. The van der Waals surface area contributed by atoms with Gasteiger partial charge >= 0.3 is 0 Å². The van der Waals surface area contributed by atoms with Crippen LogP contribution >= 0.6 is 0 Å². The molecule has 1 radical (unpaired) electrons. The quantitative estimate of drug-likeness (QED) is 0.562. The number of rotatable bonds is 2. The second kappa shape index (κ2) is 3.09. The van der Waals surface area contributed by atoms with E-state index in [1.54, 1.807) is 0 Å². The molecular formula is C7H7N2O2. The van der Waals surface area contributed by atoms with Crippen LogP contribution in [-0.2, 0) is 9.59 Å². The molecule has 1 N–H and O–H groups in total. The lowest BCUT2D eigenvalue weighted by atomic mass is 10.2. The highest BCUT2D eigenvalue weighted by Gasteiger charge is 2.07. The van der Waals surface area contributed by atoms with Crippen molar-refractivity contribution in [2.75, 3.05) is 0 Å². The van der Waals surface area contributed by atoms with Crippen molar-refractivity contribution in [3.63, 3.8) is 0 Å². The summed E-state index contributed by atoms with van der Waals surface area (Å²) in [6.45, 7) is 0. The van der Waals surface area contributed by atoms with Crippen LogP contribution in [0.2, 0.25) is 0 Å². The lowest BCUT2D eigenvalue weighted by Crippen LogP contribution is -2.05. The number of nitrogens with one attached hydrogen (secondary N) is 1. The first-order valence-corrected chi connectivity index (χ1v) is 3.19. The van der Waals surface area contributed by atoms with E-state index in [1.165, 1.54) is 12.3 Å². The Morgan fingerprint density at radius 1 is 1.73 bits per heavy atom. The molecular weight excluding hydrogens is 144 g/mol. The molecule has 4 heteroatoms. The molecule has 0 atom stereocenters. The average Bonchev–Trinajstić information content (AvgIpc) is 1.85. The van der Waals surface area contributed by atoms with Crippen molar-refractivity contribution in [2.45, 2.75) is 12.8 Å². The van der Waals surface area contributed by atoms with Crippen LogP contribution in [0.25, 0.3) is 0 Å². The summed E-state index contributed by atoms with van der Waals surface area (Å²) in [5.74, 6) is -0.778. The first-order valence-electron chi connectivity index (χ1n) is 3.19. The van der Waals surface area contributed by atoms with E-state index < -0.39 is 5.91 Å². The van der Waals surface area contributed by atoms with Gasteiger partial charge in [0.05, 0.1) is 12.1 Å². The summed E-state index contributed by atoms with van der Waals surface area (Å²) in [6, 6.07) is 0. The third-order valence-electron chi connectivity index (χ3n) is 1.22. The number of amides is 1. The van der Waals surface area contributed by atoms with Crippen LogP contribution in [0.5, 0.6) is 0 Å². The predicted octanol–water partition coefficient (Wildman–Crippen LogP) is 0.113. The Morgan fingerprint density at radius 2 is 2.45 bits per heavy atom. The molecule has 0 aromatic carbocycles. The monoisotopic (exact) mass is 151 g/mol. The maximum absolute atomic E-state index is 10.7. The van der Waals surface area contributed by atoms with Gasteiger partial charge in [-0.15, -0.1) is 0 Å². The molecule has 1 amide bonds. The number of hydrogen-bond donors (Lipinski definition) is 0. The highest BCUT2D eigenvalue weighted by Crippen LogP contribution is 2.07. The van der Waals surface area contributed by atoms with Crippen LogP contribution in [-0.4, -0.2) is 17.9 Å². The first-order chi connectivity index (χ1) is 5.18. The van der Waals surface area contributed by atoms with E-state index in [4.69, 9.17) is 5.73 Å². The predicted molar refractivity (Wildman–Crippen MR) is 38.9 cm³/mol. The van der Waals surface area contributed by atoms with Crippen molar-refractivity contribution in [1.82, 2.24) is 5.73 Å². The highest BCUT2D eigenvalue weighted by atomic mass is 16.1. The summed E-state index contributed by atoms with van der Waals surface area (Å²) < 4.78 is 0. The summed E-state index contributed by atoms with van der Waals surface area (Å²) in [6.07, 6.45) is 3.00. The third kappa shape index (κ3) is 2.33. The summed E-state index contributed by atoms with van der Waals surface area (Å²) in [7, 11) is 0. The van der Waals surface area contributed by atoms with Crippen molar-refractivity contribution < 1.29 is 9.59 Å². The number of carbonyl (C=O) groups is 2. The van der Waals surface area contributed by atoms with Gasteiger partial charge in [0, 0.05) is 18.7 Å². The van der Waals surface area contributed by atoms with E-state index in [0.717, 1.165) is 0 Å². The summed E-state index contributed by atoms with van der Waals surface area (Å²) in [5, 5.41) is 0. The fourth-order valence-corrected chi connectivity index (χ4v) is 0.796. The van der Waals surface area contributed by atoms with E-state index >= 15 is 0 Å². The highest BCUT2D eigenvalue weighted by molar-refractivity contribution is 6.02. The second-order valence-electron chi connectivity index (χ2n) is 2.22. The van der Waals surface area contributed by atoms with E-state index in [-0.39, 0.29) is 12.2 Å². The van der Waals surface area contributed by atoms with Crippen molar-refractivity contribution in [3.05, 3.63) is 11.8 Å². The molecule has 0 aliphatic carbocycles. The van der Waals surface area contributed by atoms with Crippen molar-refractivity contribution in [2.24, 2.45) is 4.99 Å². The molecule has 0 fully saturated rings. The largest absolute Gasteiger partial charge is 0.294 e. The minimum absolute atomic E-state index is 0.0590. The van der Waals surface area contributed by atoms with Crippen molar-refractivity contribution in [1.29, 1.82) is 0 Å². The zero-order valence-corrected chi connectivity index (χ0v) is 5.83. The Morgan fingerprint density at radius 3 is 3.00 bits per heavy atom. The Labute approximate surface area is 63.8 Å². The maximum Gasteiger partial charge on any atom is 0.244 e. The van der Waals surface area contributed by atoms with Crippen LogP contribution < -0.4 is 5.73 Å². The molecule has 57 valence electrons. The minimum atomic E-state index is -0.719. The van der Waals surface area contributed by atoms with Crippen LogP contribution in [0.4, 0.5) is 0 Å². The van der Waals surface area contributed by atoms with E-state index in [2.05, 4.69) is 4.99 Å². The second-order valence-corrected chi connectivity index (χ2v) is 2.22. The third-order valence-corrected chi connectivity index (χ3v) is 1.22. The van der Waals surface area contributed by atoms with Crippen molar-refractivity contribution >= 4 is 17.9 Å². The molecule has 1 aliphatic rings. The lowest BCUT2D eigenvalue weighted by Gasteiger charge is -2.01. The average molecular weight is 151 g/mol. The molecule has 0 aromatic rings. The summed E-state index contributed by atoms with van der Waals surface area (Å²) >= 11 is 0. The number of ketones is 1. The molecule has 0 aromatic heterocycles. The van der Waals surface area contributed by atoms with Gasteiger partial charge in [0.25, 0.3) is 0 Å². The van der Waals surface area contributed by atoms with E-state index in [1.807, 2.05) is 0 Å². The smallest absolute Gasteiger partial charge is 0.244 e. The van der Waals surface area contributed by atoms with Gasteiger partial charge in [0.1, 0.15) is 0 Å². The zero-order chi connectivity index (χ0) is 8.27. The fourth-order valence-electron chi connectivity index (χ4n) is 0.796. The minimum Gasteiger partial charge on any atom is -0.294 e. The topological polar surface area (TPSA) is 70.3 Å². The molecule has 4 nitrogen and oxygen atoms in total. The number of nitrogens with zero attached hydrogens (tertiary/aromatic N) is 1. The number of hydrogen-bond acceptors (Lipinski definition) is 3. The van der Waals surface area contributed by atoms with Gasteiger partial charge in [-0.25, -0.2) is 0 Å². The molecule has 0 unspecified atom stereocenters. The Kier molecular flexibility index (Phi) is 2.15. The summed E-state index contributed by atoms with van der Waals surface area (Å²) in [5.41, 5.74) is 7.00. The molecule has 1 heterocycles. The standard InChI is InChI=1S/C7H7N2O2/c8-7(11)4-5-3-6(10)1-2-9-5/h2-3,8H,1,4H2. The zero-order valence-electron chi connectivity index (χ0n) is 5.83. The summed E-state index contributed by atoms with van der Waals surface area (Å²) in [4.78, 5) is 24.8. The van der Waals surface area contributed by atoms with Crippen LogP contribution in [0.1, 0.15) is 12.8 Å². The fraction of sp³-hybridized carbons (Fsp3) is 0.286. The van der Waals surface area contributed by atoms with E-state index in [0.29, 0.717) is 12.1 Å². The van der Waals surface area contributed by atoms with Gasteiger partial charge in [-0.3, -0.25) is 20.3 Å². The molecule has 0 spiro atoms. The molecule has 11 heavy (non-hydrogen) atoms. The Bertz CT molecular complexity index is 253. The van der Waals surface area contributed by atoms with Gasteiger partial charge in [-0.05, 0) is 0 Å². The Balaban J connectivity index is 2.64. The van der Waals surface area contributed by atoms with Crippen molar-refractivity contribution in [3.8, 4) is 0 Å². The lowest BCUT2D eigenvalue weighted by molar-refractivity contribution is -0.118. The molecule has 0 saturated heterocycles. The van der Waals surface area contributed by atoms with Gasteiger partial charge in [0.15, 0.2) is 5.78 Å². The van der Waals surface area contributed by atoms with Gasteiger partial charge in [-0.1, -0.05) is 0 Å². The normalized spacial score (nSPS) is 16.4. The Hall–Kier alpha value is -1.45. The maximum atomic E-state index is 10.7. The molecule has 1 aliphatic heterocycles. The van der Waals surface area contributed by atoms with Crippen LogP contribution in [0, 0.1) is 0 Å². The SMILES string of the molecule is [NH]C(=O)CC1=CC(=O)CC=N1. The van der Waals surface area contributed by atoms with Crippen LogP contribution in [0.15, 0.2) is 16.8 Å².